The maximum absolute atomic E-state index is 12.5. The first-order valence-electron chi connectivity index (χ1n) is 6.88. The number of hydrogen-bond donors (Lipinski definition) is 1. The maximum atomic E-state index is 12.5. The summed E-state index contributed by atoms with van der Waals surface area (Å²) in [5, 5.41) is 9.06. The Bertz CT molecular complexity index is 855. The highest BCUT2D eigenvalue weighted by molar-refractivity contribution is 7.99. The van der Waals surface area contributed by atoms with Crippen LogP contribution in [0.15, 0.2) is 52.3 Å². The molecular weight excluding hydrogens is 316 g/mol. The van der Waals surface area contributed by atoms with Crippen LogP contribution in [0.5, 0.6) is 0 Å². The van der Waals surface area contributed by atoms with Crippen molar-refractivity contribution in [1.82, 2.24) is 0 Å². The molecule has 3 rings (SSSR count). The van der Waals surface area contributed by atoms with Crippen LogP contribution in [0.1, 0.15) is 17.5 Å². The number of fused-ring (bicyclic) bond motifs is 1. The molecule has 0 radical (unpaired) electrons. The van der Waals surface area contributed by atoms with Gasteiger partial charge in [-0.25, -0.2) is 8.42 Å². The van der Waals surface area contributed by atoms with Crippen molar-refractivity contribution in [3.8, 4) is 6.07 Å². The number of sulfonamides is 1. The third-order valence-corrected chi connectivity index (χ3v) is 6.05. The second-order valence-electron chi connectivity index (χ2n) is 4.98. The van der Waals surface area contributed by atoms with Crippen LogP contribution in [-0.4, -0.2) is 14.2 Å². The number of rotatable bonds is 3. The van der Waals surface area contributed by atoms with Gasteiger partial charge in [-0.3, -0.25) is 4.72 Å². The molecule has 1 N–H and O–H groups in total. The molecule has 0 aromatic heterocycles. The van der Waals surface area contributed by atoms with E-state index in [1.807, 2.05) is 12.1 Å². The molecule has 2 aromatic rings. The first kappa shape index (κ1) is 14.9. The van der Waals surface area contributed by atoms with E-state index in [0.717, 1.165) is 29.1 Å². The third kappa shape index (κ3) is 2.96. The van der Waals surface area contributed by atoms with E-state index in [9.17, 15) is 8.42 Å². The second-order valence-corrected chi connectivity index (χ2v) is 7.80. The molecule has 0 aliphatic carbocycles. The van der Waals surface area contributed by atoms with Crippen molar-refractivity contribution in [3.05, 3.63) is 53.6 Å². The lowest BCUT2D eigenvalue weighted by Gasteiger charge is -2.16. The Morgan fingerprint density at radius 1 is 1.18 bits per heavy atom. The number of nitrogens with zero attached hydrogens (tertiary/aromatic N) is 1. The van der Waals surface area contributed by atoms with E-state index in [-0.39, 0.29) is 4.90 Å². The lowest BCUT2D eigenvalue weighted by molar-refractivity contribution is 0.601. The summed E-state index contributed by atoms with van der Waals surface area (Å²) in [6.07, 6.45) is 1.96. The fourth-order valence-corrected chi connectivity index (χ4v) is 4.53. The minimum atomic E-state index is -3.69. The summed E-state index contributed by atoms with van der Waals surface area (Å²) in [5.41, 5.74) is 1.68. The van der Waals surface area contributed by atoms with Gasteiger partial charge in [0.1, 0.15) is 6.07 Å². The van der Waals surface area contributed by atoms with Crippen LogP contribution in [0.4, 0.5) is 5.69 Å². The first-order valence-corrected chi connectivity index (χ1v) is 9.35. The van der Waals surface area contributed by atoms with Crippen molar-refractivity contribution in [1.29, 1.82) is 5.26 Å². The lowest BCUT2D eigenvalue weighted by Crippen LogP contribution is -2.14. The highest BCUT2D eigenvalue weighted by Crippen LogP contribution is 2.32. The summed E-state index contributed by atoms with van der Waals surface area (Å²) < 4.78 is 27.6. The molecule has 2 aromatic carbocycles. The molecule has 6 heteroatoms. The highest BCUT2D eigenvalue weighted by Gasteiger charge is 2.19. The fourth-order valence-electron chi connectivity index (χ4n) is 2.38. The van der Waals surface area contributed by atoms with E-state index in [1.165, 1.54) is 0 Å². The summed E-state index contributed by atoms with van der Waals surface area (Å²) in [4.78, 5) is 1.39. The quantitative estimate of drug-likeness (QED) is 0.936. The van der Waals surface area contributed by atoms with Gasteiger partial charge in [0.15, 0.2) is 0 Å². The standard InChI is InChI=1S/C16H14N2O2S2/c17-11-13-4-1-2-6-15(13)18-22(19,20)14-7-8-16-12(10-14)5-3-9-21-16/h1-2,4,6-8,10,18H,3,5,9H2. The van der Waals surface area contributed by atoms with Gasteiger partial charge in [0.05, 0.1) is 16.1 Å². The molecule has 0 unspecified atom stereocenters. The molecule has 22 heavy (non-hydrogen) atoms. The number of nitrogens with one attached hydrogen (secondary N) is 1. The zero-order valence-corrected chi connectivity index (χ0v) is 13.4. The molecular formula is C16H14N2O2S2. The van der Waals surface area contributed by atoms with E-state index in [4.69, 9.17) is 5.26 Å². The second kappa shape index (κ2) is 6.03. The van der Waals surface area contributed by atoms with Crippen molar-refractivity contribution < 1.29 is 8.42 Å². The summed E-state index contributed by atoms with van der Waals surface area (Å²) >= 11 is 1.76. The molecule has 0 bridgehead atoms. The van der Waals surface area contributed by atoms with Crippen LogP contribution < -0.4 is 4.72 Å². The van der Waals surface area contributed by atoms with Crippen molar-refractivity contribution >= 4 is 27.5 Å². The lowest BCUT2D eigenvalue weighted by atomic mass is 10.1. The maximum Gasteiger partial charge on any atom is 0.261 e. The average Bonchev–Trinajstić information content (AvgIpc) is 2.54. The summed E-state index contributed by atoms with van der Waals surface area (Å²) in [6.45, 7) is 0. The van der Waals surface area contributed by atoms with Crippen LogP contribution in [0.3, 0.4) is 0 Å². The van der Waals surface area contributed by atoms with E-state index in [2.05, 4.69) is 4.72 Å². The molecule has 0 saturated carbocycles. The Labute approximate surface area is 134 Å². The van der Waals surface area contributed by atoms with Crippen LogP contribution in [0.2, 0.25) is 0 Å². The minimum Gasteiger partial charge on any atom is -0.278 e. The van der Waals surface area contributed by atoms with Gasteiger partial charge in [-0.05, 0) is 54.5 Å². The van der Waals surface area contributed by atoms with Gasteiger partial charge >= 0.3 is 0 Å². The van der Waals surface area contributed by atoms with E-state index >= 15 is 0 Å². The molecule has 112 valence electrons. The van der Waals surface area contributed by atoms with Crippen molar-refractivity contribution in [2.75, 3.05) is 10.5 Å². The minimum absolute atomic E-state index is 0.237. The van der Waals surface area contributed by atoms with Gasteiger partial charge in [-0.2, -0.15) is 5.26 Å². The normalized spacial score (nSPS) is 14.0. The third-order valence-electron chi connectivity index (χ3n) is 3.48. The molecule has 0 atom stereocenters. The summed E-state index contributed by atoms with van der Waals surface area (Å²) in [7, 11) is -3.69. The monoisotopic (exact) mass is 330 g/mol. The zero-order chi connectivity index (χ0) is 15.6. The molecule has 4 nitrogen and oxygen atoms in total. The Kier molecular flexibility index (Phi) is 4.10. The topological polar surface area (TPSA) is 70.0 Å². The van der Waals surface area contributed by atoms with E-state index < -0.39 is 10.0 Å². The van der Waals surface area contributed by atoms with Crippen LogP contribution >= 0.6 is 11.8 Å². The van der Waals surface area contributed by atoms with Gasteiger partial charge in [-0.15, -0.1) is 11.8 Å². The van der Waals surface area contributed by atoms with E-state index in [0.29, 0.717) is 11.3 Å². The highest BCUT2D eigenvalue weighted by atomic mass is 32.2. The zero-order valence-electron chi connectivity index (χ0n) is 11.7. The van der Waals surface area contributed by atoms with E-state index in [1.54, 1.807) is 48.2 Å². The van der Waals surface area contributed by atoms with Crippen molar-refractivity contribution in [3.63, 3.8) is 0 Å². The predicted octanol–water partition coefficient (Wildman–Crippen LogP) is 3.40. The first-order chi connectivity index (χ1) is 10.6. The van der Waals surface area contributed by atoms with Crippen LogP contribution in [0.25, 0.3) is 0 Å². The Hall–Kier alpha value is -1.97. The number of benzene rings is 2. The molecule has 0 fully saturated rings. The number of anilines is 1. The van der Waals surface area contributed by atoms with Gasteiger partial charge in [0, 0.05) is 4.90 Å². The number of thioether (sulfide) groups is 1. The number of nitriles is 1. The molecule has 0 saturated heterocycles. The van der Waals surface area contributed by atoms with Crippen LogP contribution in [0, 0.1) is 11.3 Å². The fraction of sp³-hybridized carbons (Fsp3) is 0.188. The Morgan fingerprint density at radius 2 is 2.00 bits per heavy atom. The van der Waals surface area contributed by atoms with Gasteiger partial charge in [-0.1, -0.05) is 12.1 Å². The molecule has 1 aliphatic heterocycles. The van der Waals surface area contributed by atoms with Gasteiger partial charge in [0.25, 0.3) is 10.0 Å². The molecule has 1 aliphatic rings. The average molecular weight is 330 g/mol. The van der Waals surface area contributed by atoms with Gasteiger partial charge in [0.2, 0.25) is 0 Å². The predicted molar refractivity (Wildman–Crippen MR) is 87.5 cm³/mol. The summed E-state index contributed by atoms with van der Waals surface area (Å²) in [5.74, 6) is 1.08. The summed E-state index contributed by atoms with van der Waals surface area (Å²) in [6, 6.07) is 13.8. The number of para-hydroxylation sites is 1. The molecule has 0 amide bonds. The number of hydrogen-bond acceptors (Lipinski definition) is 4. The molecule has 1 heterocycles. The van der Waals surface area contributed by atoms with Gasteiger partial charge < -0.3 is 0 Å². The Morgan fingerprint density at radius 3 is 2.82 bits per heavy atom. The SMILES string of the molecule is N#Cc1ccccc1NS(=O)(=O)c1ccc2c(c1)CCCS2. The largest absolute Gasteiger partial charge is 0.278 e. The molecule has 0 spiro atoms. The Balaban J connectivity index is 1.95. The van der Waals surface area contributed by atoms with Crippen LogP contribution in [-0.2, 0) is 16.4 Å². The smallest absolute Gasteiger partial charge is 0.261 e. The van der Waals surface area contributed by atoms with Crippen molar-refractivity contribution in [2.24, 2.45) is 0 Å². The van der Waals surface area contributed by atoms with Crippen molar-refractivity contribution in [2.45, 2.75) is 22.6 Å². The number of aryl methyl sites for hydroxylation is 1.